The van der Waals surface area contributed by atoms with Gasteiger partial charge in [0.2, 0.25) is 0 Å². The van der Waals surface area contributed by atoms with Crippen molar-refractivity contribution in [1.82, 2.24) is 0 Å². The Hall–Kier alpha value is -2.29. The van der Waals surface area contributed by atoms with Crippen molar-refractivity contribution >= 4 is 48.6 Å². The summed E-state index contributed by atoms with van der Waals surface area (Å²) in [6.07, 6.45) is 5.81. The summed E-state index contributed by atoms with van der Waals surface area (Å²) in [4.78, 5) is 0. The summed E-state index contributed by atoms with van der Waals surface area (Å²) < 4.78 is 0. The molecule has 0 atom stereocenters. The third kappa shape index (κ3) is 6.92. The standard InChI is InChI=1S/2C13H9.C8H18Si.Hf/c2*1-3-7-12-10(5-1)9-11-6-2-4-8-13(11)12;1-3-5-7-9-8-6-4-2;/h2*1-9H;3-8H2,1-2H3;/q2*-1;;+2. The Morgan fingerprint density at radius 1 is 0.500 bits per heavy atom. The van der Waals surface area contributed by atoms with Crippen molar-refractivity contribution in [3.8, 4) is 0 Å². The van der Waals surface area contributed by atoms with E-state index in [0.717, 1.165) is 0 Å². The molecule has 0 aliphatic heterocycles. The van der Waals surface area contributed by atoms with Gasteiger partial charge in [0.15, 0.2) is 0 Å². The van der Waals surface area contributed by atoms with Crippen molar-refractivity contribution in [2.45, 2.75) is 51.6 Å². The van der Waals surface area contributed by atoms with E-state index in [0.29, 0.717) is 0 Å². The molecule has 0 aliphatic rings. The first-order valence-electron chi connectivity index (χ1n) is 13.3. The molecular weight excluding hydrogens is 615 g/mol. The van der Waals surface area contributed by atoms with Gasteiger partial charge in [-0.3, -0.25) is 0 Å². The molecule has 0 radical (unpaired) electrons. The molecule has 0 aromatic heterocycles. The van der Waals surface area contributed by atoms with E-state index in [1.807, 2.05) is 0 Å². The molecule has 6 rings (SSSR count). The minimum atomic E-state index is 0.224. The fraction of sp³-hybridized carbons (Fsp3) is 0.235. The van der Waals surface area contributed by atoms with Crippen molar-refractivity contribution in [1.29, 1.82) is 0 Å². The first kappa shape index (κ1) is 26.8. The molecular formula is C34H36HfSi. The topological polar surface area (TPSA) is 0 Å². The molecule has 180 valence electrons. The fourth-order valence-corrected chi connectivity index (χ4v) is 10.3. The van der Waals surface area contributed by atoms with Crippen molar-refractivity contribution < 1.29 is 23.0 Å². The molecule has 0 saturated heterocycles. The van der Waals surface area contributed by atoms with E-state index in [1.54, 1.807) is 12.1 Å². The summed E-state index contributed by atoms with van der Waals surface area (Å²) in [5.41, 5.74) is 0.224. The van der Waals surface area contributed by atoms with Crippen LogP contribution in [-0.2, 0) is 23.0 Å². The molecule has 0 saturated carbocycles. The van der Waals surface area contributed by atoms with E-state index < -0.39 is 0 Å². The van der Waals surface area contributed by atoms with Gasteiger partial charge in [-0.1, -0.05) is 72.8 Å². The molecule has 0 heterocycles. The van der Waals surface area contributed by atoms with E-state index in [-0.39, 0.29) is 5.49 Å². The maximum Gasteiger partial charge on any atom is -0.0771 e. The van der Waals surface area contributed by atoms with Crippen LogP contribution >= 0.6 is 0 Å². The summed E-state index contributed by atoms with van der Waals surface area (Å²) in [6.45, 7) is 4.60. The Bertz CT molecular complexity index is 1320. The third-order valence-electron chi connectivity index (χ3n) is 6.71. The molecule has 0 fully saturated rings. The first-order valence-corrected chi connectivity index (χ1v) is 20.6. The van der Waals surface area contributed by atoms with Gasteiger partial charge in [-0.25, -0.2) is 0 Å². The van der Waals surface area contributed by atoms with E-state index in [9.17, 15) is 0 Å². The van der Waals surface area contributed by atoms with Crippen LogP contribution in [0.4, 0.5) is 0 Å². The molecule has 36 heavy (non-hydrogen) atoms. The molecule has 0 bridgehead atoms. The van der Waals surface area contributed by atoms with E-state index >= 15 is 0 Å². The average molecular weight is 651 g/mol. The Morgan fingerprint density at radius 2 is 0.778 bits per heavy atom. The monoisotopic (exact) mass is 652 g/mol. The minimum Gasteiger partial charge on any atom is -0.126 e. The predicted molar refractivity (Wildman–Crippen MR) is 159 cm³/mol. The number of benzene rings is 4. The molecule has 0 unspecified atom stereocenters. The van der Waals surface area contributed by atoms with Crippen LogP contribution in [0.1, 0.15) is 39.5 Å². The average Bonchev–Trinajstić information content (AvgIpc) is 3.50. The first-order chi connectivity index (χ1) is 17.7. The van der Waals surface area contributed by atoms with Gasteiger partial charge in [-0.15, -0.1) is 79.5 Å². The number of hydrogen-bond donors (Lipinski definition) is 0. The second-order valence-electron chi connectivity index (χ2n) is 9.45. The third-order valence-corrected chi connectivity index (χ3v) is 14.0. The molecule has 0 N–H and O–H groups in total. The SMILES string of the molecule is CCCC[Si](=[Hf+2])CCCC.c1ccc2c(c1)[cH-]c1ccccc12.c1ccc2c(c1)[cH-]c1ccccc12. The second-order valence-corrected chi connectivity index (χ2v) is 19.3. The smallest absolute Gasteiger partial charge is 0.0771 e. The Balaban J connectivity index is 0.000000129. The molecule has 6 aromatic carbocycles. The molecule has 0 amide bonds. The maximum absolute atomic E-state index is 2.30. The summed E-state index contributed by atoms with van der Waals surface area (Å²) in [7, 11) is 0. The summed E-state index contributed by atoms with van der Waals surface area (Å²) in [5, 5.41) is 10.8. The van der Waals surface area contributed by atoms with Crippen molar-refractivity contribution in [2.24, 2.45) is 0 Å². The van der Waals surface area contributed by atoms with Crippen LogP contribution in [0, 0.1) is 0 Å². The van der Waals surface area contributed by atoms with E-state index in [1.165, 1.54) is 91.8 Å². The van der Waals surface area contributed by atoms with Gasteiger partial charge < -0.3 is 0 Å². The van der Waals surface area contributed by atoms with Crippen molar-refractivity contribution in [3.05, 3.63) is 109 Å². The van der Waals surface area contributed by atoms with Gasteiger partial charge in [0.05, 0.1) is 0 Å². The molecule has 0 aliphatic carbocycles. The summed E-state index contributed by atoms with van der Waals surface area (Å²) in [5.74, 6) is 0. The number of rotatable bonds is 6. The Morgan fingerprint density at radius 3 is 1.06 bits per heavy atom. The van der Waals surface area contributed by atoms with Gasteiger partial charge in [-0.05, 0) is 0 Å². The normalized spacial score (nSPS) is 10.8. The maximum atomic E-state index is 2.30. The van der Waals surface area contributed by atoms with Crippen LogP contribution in [0.3, 0.4) is 0 Å². The van der Waals surface area contributed by atoms with Gasteiger partial charge in [0, 0.05) is 0 Å². The van der Waals surface area contributed by atoms with Gasteiger partial charge >= 0.3 is 80.1 Å². The fourth-order valence-electron chi connectivity index (χ4n) is 4.71. The minimum absolute atomic E-state index is 0.224. The molecule has 0 spiro atoms. The zero-order valence-corrected chi connectivity index (χ0v) is 26.2. The largest absolute Gasteiger partial charge is 0.126 e. The molecule has 0 nitrogen and oxygen atoms in total. The Labute approximate surface area is 231 Å². The zero-order chi connectivity index (χ0) is 25.2. The van der Waals surface area contributed by atoms with Crippen LogP contribution in [0.5, 0.6) is 0 Å². The molecule has 2 heteroatoms. The quantitative estimate of drug-likeness (QED) is 0.124. The molecule has 6 aromatic rings. The predicted octanol–water partition coefficient (Wildman–Crippen LogP) is 10.5. The van der Waals surface area contributed by atoms with Gasteiger partial charge in [0.25, 0.3) is 0 Å². The van der Waals surface area contributed by atoms with Crippen molar-refractivity contribution in [3.63, 3.8) is 0 Å². The van der Waals surface area contributed by atoms with Crippen LogP contribution in [0.2, 0.25) is 12.1 Å². The number of fused-ring (bicyclic) bond motifs is 6. The van der Waals surface area contributed by atoms with E-state index in [2.05, 4.69) is 123 Å². The second kappa shape index (κ2) is 13.9. The van der Waals surface area contributed by atoms with Crippen LogP contribution in [0.25, 0.3) is 43.1 Å². The summed E-state index contributed by atoms with van der Waals surface area (Å²) >= 11 is 1.52. The van der Waals surface area contributed by atoms with Crippen molar-refractivity contribution in [2.75, 3.05) is 0 Å². The van der Waals surface area contributed by atoms with Gasteiger partial charge in [-0.2, -0.15) is 0 Å². The number of hydrogen-bond acceptors (Lipinski definition) is 0. The Kier molecular flexibility index (Phi) is 10.3. The van der Waals surface area contributed by atoms with Crippen LogP contribution in [0.15, 0.2) is 109 Å². The summed E-state index contributed by atoms with van der Waals surface area (Å²) in [6, 6.07) is 41.8. The van der Waals surface area contributed by atoms with E-state index in [4.69, 9.17) is 0 Å². The zero-order valence-electron chi connectivity index (χ0n) is 21.6. The van der Waals surface area contributed by atoms with Crippen LogP contribution in [-0.4, -0.2) is 5.49 Å². The van der Waals surface area contributed by atoms with Crippen LogP contribution < -0.4 is 0 Å². The number of unbranched alkanes of at least 4 members (excludes halogenated alkanes) is 2. The van der Waals surface area contributed by atoms with Gasteiger partial charge in [0.1, 0.15) is 0 Å².